The van der Waals surface area contributed by atoms with Crippen molar-refractivity contribution in [1.82, 2.24) is 9.80 Å². The first-order chi connectivity index (χ1) is 15.8. The fourth-order valence-electron chi connectivity index (χ4n) is 3.69. The lowest BCUT2D eigenvalue weighted by Gasteiger charge is -2.32. The number of likely N-dealkylation sites (N-methyl/N-ethyl adjacent to an activating group) is 1. The molecule has 34 heavy (non-hydrogen) atoms. The number of hydrogen-bond donors (Lipinski definition) is 2. The van der Waals surface area contributed by atoms with Crippen molar-refractivity contribution in [2.45, 2.75) is 30.2 Å². The van der Waals surface area contributed by atoms with Crippen LogP contribution in [0.4, 0.5) is 0 Å². The van der Waals surface area contributed by atoms with Gasteiger partial charge in [-0.1, -0.05) is 48.0 Å². The Bertz CT molecular complexity index is 1180. The summed E-state index contributed by atoms with van der Waals surface area (Å²) in [6.07, 6.45) is 3.15. The van der Waals surface area contributed by atoms with E-state index in [4.69, 9.17) is 21.3 Å². The first-order valence-electron chi connectivity index (χ1n) is 10.5. The van der Waals surface area contributed by atoms with Crippen molar-refractivity contribution in [3.8, 4) is 0 Å². The molecule has 1 saturated heterocycles. The number of rotatable bonds is 7. The predicted octanol–water partition coefficient (Wildman–Crippen LogP) is 2.33. The van der Waals surface area contributed by atoms with E-state index < -0.39 is 20.1 Å². The molecule has 0 saturated carbocycles. The number of likely N-dealkylation sites (tertiary alicyclic amines) is 1. The zero-order valence-electron chi connectivity index (χ0n) is 19.1. The Labute approximate surface area is 206 Å². The zero-order chi connectivity index (χ0) is 25.5. The van der Waals surface area contributed by atoms with Gasteiger partial charge in [0, 0.05) is 13.6 Å². The summed E-state index contributed by atoms with van der Waals surface area (Å²) in [6, 6.07) is 14.4. The van der Waals surface area contributed by atoms with E-state index >= 15 is 0 Å². The Morgan fingerprint density at radius 3 is 2.21 bits per heavy atom. The first-order valence-corrected chi connectivity index (χ1v) is 14.3. The topological polar surface area (TPSA) is 138 Å². The molecule has 1 aliphatic rings. The molecule has 1 fully saturated rings. The molecule has 1 aliphatic heterocycles. The molecule has 0 unspecified atom stereocenters. The smallest absolute Gasteiger partial charge is 0.261 e. The molecule has 0 bridgehead atoms. The van der Waals surface area contributed by atoms with Crippen LogP contribution < -0.4 is 5.14 Å². The van der Waals surface area contributed by atoms with E-state index in [1.807, 2.05) is 30.3 Å². The number of amides is 1. The minimum atomic E-state index is -3.95. The second kappa shape index (κ2) is 12.1. The van der Waals surface area contributed by atoms with E-state index in [0.717, 1.165) is 25.2 Å². The predicted molar refractivity (Wildman–Crippen MR) is 132 cm³/mol. The molecule has 12 heteroatoms. The third-order valence-corrected chi connectivity index (χ3v) is 6.73. The summed E-state index contributed by atoms with van der Waals surface area (Å²) in [6.45, 7) is 2.86. The van der Waals surface area contributed by atoms with E-state index in [9.17, 15) is 21.6 Å². The van der Waals surface area contributed by atoms with Crippen LogP contribution in [0.5, 0.6) is 0 Å². The van der Waals surface area contributed by atoms with Crippen molar-refractivity contribution in [2.24, 2.45) is 5.14 Å². The SMILES string of the molecule is CN(C(=O)Cc1ccc(Cl)c(S(N)(=O)=O)c1)[C@H](CN1CCCC1)c1ccccc1.CS(=O)(=O)O. The number of primary sulfonamides is 1. The van der Waals surface area contributed by atoms with Gasteiger partial charge in [0.2, 0.25) is 15.9 Å². The monoisotopic (exact) mass is 531 g/mol. The lowest BCUT2D eigenvalue weighted by Crippen LogP contribution is -2.39. The van der Waals surface area contributed by atoms with Gasteiger partial charge in [-0.2, -0.15) is 8.42 Å². The molecule has 1 atom stereocenters. The fourth-order valence-corrected chi connectivity index (χ4v) is 4.78. The Morgan fingerprint density at radius 1 is 1.12 bits per heavy atom. The van der Waals surface area contributed by atoms with E-state index in [2.05, 4.69) is 4.90 Å². The van der Waals surface area contributed by atoms with Gasteiger partial charge in [0.25, 0.3) is 10.1 Å². The average molecular weight is 532 g/mol. The van der Waals surface area contributed by atoms with Gasteiger partial charge in [0.15, 0.2) is 0 Å². The van der Waals surface area contributed by atoms with Crippen LogP contribution in [0.1, 0.15) is 30.0 Å². The summed E-state index contributed by atoms with van der Waals surface area (Å²) in [5.74, 6) is -0.0965. The van der Waals surface area contributed by atoms with Crippen LogP contribution in [-0.2, 0) is 31.4 Å². The van der Waals surface area contributed by atoms with Gasteiger partial charge in [-0.3, -0.25) is 9.35 Å². The molecular weight excluding hydrogens is 502 g/mol. The van der Waals surface area contributed by atoms with Crippen LogP contribution >= 0.6 is 11.6 Å². The highest BCUT2D eigenvalue weighted by molar-refractivity contribution is 7.89. The number of carbonyl (C=O) groups excluding carboxylic acids is 1. The maximum Gasteiger partial charge on any atom is 0.261 e. The van der Waals surface area contributed by atoms with Crippen LogP contribution in [0.3, 0.4) is 0 Å². The number of hydrogen-bond acceptors (Lipinski definition) is 6. The summed E-state index contributed by atoms with van der Waals surface area (Å²) in [5, 5.41) is 5.27. The van der Waals surface area contributed by atoms with Crippen molar-refractivity contribution in [3.05, 3.63) is 64.7 Å². The lowest BCUT2D eigenvalue weighted by molar-refractivity contribution is -0.131. The van der Waals surface area contributed by atoms with Gasteiger partial charge in [-0.15, -0.1) is 0 Å². The molecular formula is C22H30ClN3O6S2. The highest BCUT2D eigenvalue weighted by Gasteiger charge is 2.26. The van der Waals surface area contributed by atoms with Crippen LogP contribution in [-0.4, -0.2) is 70.0 Å². The molecule has 1 amide bonds. The highest BCUT2D eigenvalue weighted by Crippen LogP contribution is 2.25. The number of sulfonamides is 1. The van der Waals surface area contributed by atoms with Crippen molar-refractivity contribution in [3.63, 3.8) is 0 Å². The minimum absolute atomic E-state index is 0.0493. The quantitative estimate of drug-likeness (QED) is 0.523. The van der Waals surface area contributed by atoms with Crippen molar-refractivity contribution >= 4 is 37.6 Å². The van der Waals surface area contributed by atoms with Gasteiger partial charge in [0.05, 0.1) is 23.7 Å². The highest BCUT2D eigenvalue weighted by atomic mass is 35.5. The van der Waals surface area contributed by atoms with Gasteiger partial charge in [-0.25, -0.2) is 13.6 Å². The van der Waals surface area contributed by atoms with Crippen LogP contribution in [0.15, 0.2) is 53.4 Å². The van der Waals surface area contributed by atoms with Crippen molar-refractivity contribution in [1.29, 1.82) is 0 Å². The van der Waals surface area contributed by atoms with Gasteiger partial charge < -0.3 is 9.80 Å². The number of nitrogens with two attached hydrogens (primary N) is 1. The van der Waals surface area contributed by atoms with Gasteiger partial charge in [-0.05, 0) is 49.2 Å². The number of nitrogens with zero attached hydrogens (tertiary/aromatic N) is 2. The third-order valence-electron chi connectivity index (χ3n) is 5.33. The van der Waals surface area contributed by atoms with Crippen LogP contribution in [0.25, 0.3) is 0 Å². The Morgan fingerprint density at radius 2 is 1.68 bits per heavy atom. The molecule has 2 aromatic rings. The van der Waals surface area contributed by atoms with Crippen molar-refractivity contribution in [2.75, 3.05) is 32.9 Å². The number of benzene rings is 2. The second-order valence-corrected chi connectivity index (χ2v) is 11.6. The Kier molecular flexibility index (Phi) is 10.0. The minimum Gasteiger partial charge on any atom is -0.337 e. The standard InChI is InChI=1S/C21H26ClN3O3S.CH4O3S/c1-24(19(15-25-11-5-6-12-25)17-7-3-2-4-8-17)21(26)14-16-9-10-18(22)20(13-16)29(23,27)28;1-5(2,3)4/h2-4,7-10,13,19H,5-6,11-12,14-15H2,1H3,(H2,23,27,28);1H3,(H,2,3,4)/t19-;/m1./s1. The number of halogens is 1. The second-order valence-electron chi connectivity index (χ2n) is 8.16. The Balaban J connectivity index is 0.000000739. The van der Waals surface area contributed by atoms with Gasteiger partial charge >= 0.3 is 0 Å². The maximum atomic E-state index is 13.0. The molecule has 3 rings (SSSR count). The fraction of sp³-hybridized carbons (Fsp3) is 0.409. The van der Waals surface area contributed by atoms with E-state index in [1.165, 1.54) is 25.0 Å². The molecule has 0 radical (unpaired) electrons. The van der Waals surface area contributed by atoms with E-state index in [0.29, 0.717) is 11.8 Å². The third kappa shape index (κ3) is 9.32. The normalized spacial score (nSPS) is 15.3. The summed E-state index contributed by atoms with van der Waals surface area (Å²) < 4.78 is 49.3. The van der Waals surface area contributed by atoms with Crippen molar-refractivity contribution < 1.29 is 26.2 Å². The summed E-state index contributed by atoms with van der Waals surface area (Å²) in [4.78, 5) is 17.0. The van der Waals surface area contributed by atoms with Gasteiger partial charge in [0.1, 0.15) is 4.90 Å². The average Bonchev–Trinajstić information content (AvgIpc) is 3.25. The summed E-state index contributed by atoms with van der Waals surface area (Å²) in [5.41, 5.74) is 1.64. The Hall–Kier alpha value is -2.02. The summed E-state index contributed by atoms with van der Waals surface area (Å²) in [7, 11) is -5.82. The molecule has 0 aromatic heterocycles. The largest absolute Gasteiger partial charge is 0.337 e. The van der Waals surface area contributed by atoms with E-state index in [1.54, 1.807) is 18.0 Å². The lowest BCUT2D eigenvalue weighted by atomic mass is 10.0. The van der Waals surface area contributed by atoms with Crippen LogP contribution in [0, 0.1) is 0 Å². The zero-order valence-corrected chi connectivity index (χ0v) is 21.5. The molecule has 1 heterocycles. The summed E-state index contributed by atoms with van der Waals surface area (Å²) >= 11 is 5.95. The molecule has 9 nitrogen and oxygen atoms in total. The molecule has 2 aromatic carbocycles. The molecule has 3 N–H and O–H groups in total. The van der Waals surface area contributed by atoms with Crippen LogP contribution in [0.2, 0.25) is 5.02 Å². The number of carbonyl (C=O) groups is 1. The molecule has 0 aliphatic carbocycles. The first kappa shape index (κ1) is 28.2. The maximum absolute atomic E-state index is 13.0. The molecule has 0 spiro atoms. The van der Waals surface area contributed by atoms with E-state index in [-0.39, 0.29) is 28.3 Å². The molecule has 188 valence electrons.